The van der Waals surface area contributed by atoms with E-state index in [4.69, 9.17) is 9.47 Å². The Morgan fingerprint density at radius 1 is 1.32 bits per heavy atom. The maximum atomic E-state index is 12.6. The van der Waals surface area contributed by atoms with Crippen molar-refractivity contribution in [3.05, 3.63) is 23.8 Å². The Kier molecular flexibility index (Phi) is 7.68. The first-order chi connectivity index (χ1) is 13.1. The summed E-state index contributed by atoms with van der Waals surface area (Å²) in [6.07, 6.45) is 1.38. The predicted molar refractivity (Wildman–Crippen MR) is 108 cm³/mol. The number of methoxy groups -OCH3 is 1. The van der Waals surface area contributed by atoms with Gasteiger partial charge in [-0.3, -0.25) is 4.79 Å². The van der Waals surface area contributed by atoms with Crippen LogP contribution in [0.1, 0.15) is 32.3 Å². The SMILES string of the molecule is COc1cc(CNC(=O)[C@@H]2CCCN(S(=O)(=O)N(C)C)C2)ccc1OC(C)C. The van der Waals surface area contributed by atoms with E-state index < -0.39 is 10.2 Å². The largest absolute Gasteiger partial charge is 0.493 e. The zero-order chi connectivity index (χ0) is 20.9. The van der Waals surface area contributed by atoms with Crippen LogP contribution < -0.4 is 14.8 Å². The number of rotatable bonds is 8. The van der Waals surface area contributed by atoms with Gasteiger partial charge in [-0.2, -0.15) is 17.0 Å². The number of carbonyl (C=O) groups excluding carboxylic acids is 1. The fourth-order valence-electron chi connectivity index (χ4n) is 3.10. The Bertz CT molecular complexity index is 780. The Hall–Kier alpha value is -1.84. The topological polar surface area (TPSA) is 88.2 Å². The molecule has 0 aliphatic carbocycles. The van der Waals surface area contributed by atoms with Crippen molar-refractivity contribution in [2.24, 2.45) is 5.92 Å². The van der Waals surface area contributed by atoms with Crippen LogP contribution in [-0.4, -0.2) is 63.3 Å². The molecule has 1 aromatic carbocycles. The van der Waals surface area contributed by atoms with E-state index in [0.717, 1.165) is 5.56 Å². The summed E-state index contributed by atoms with van der Waals surface area (Å²) in [5, 5.41) is 2.91. The third-order valence-electron chi connectivity index (χ3n) is 4.60. The van der Waals surface area contributed by atoms with Crippen LogP contribution in [0.3, 0.4) is 0 Å². The minimum Gasteiger partial charge on any atom is -0.493 e. The number of piperidine rings is 1. The molecule has 1 fully saturated rings. The molecule has 1 saturated heterocycles. The van der Waals surface area contributed by atoms with Crippen molar-refractivity contribution in [1.29, 1.82) is 0 Å². The highest BCUT2D eigenvalue weighted by Gasteiger charge is 2.33. The molecule has 1 heterocycles. The molecular weight excluding hydrogens is 382 g/mol. The molecule has 1 aromatic rings. The van der Waals surface area contributed by atoms with Gasteiger partial charge in [0.2, 0.25) is 5.91 Å². The fourth-order valence-corrected chi connectivity index (χ4v) is 4.29. The molecular formula is C19H31N3O5S. The maximum Gasteiger partial charge on any atom is 0.281 e. The Labute approximate surface area is 168 Å². The smallest absolute Gasteiger partial charge is 0.281 e. The highest BCUT2D eigenvalue weighted by atomic mass is 32.2. The monoisotopic (exact) mass is 413 g/mol. The van der Waals surface area contributed by atoms with E-state index in [-0.39, 0.29) is 24.5 Å². The lowest BCUT2D eigenvalue weighted by atomic mass is 9.98. The maximum absolute atomic E-state index is 12.6. The van der Waals surface area contributed by atoms with Gasteiger partial charge in [-0.25, -0.2) is 0 Å². The third kappa shape index (κ3) is 5.59. The molecule has 158 valence electrons. The first-order valence-electron chi connectivity index (χ1n) is 9.44. The Balaban J connectivity index is 1.98. The number of nitrogens with zero attached hydrogens (tertiary/aromatic N) is 2. The molecule has 1 amide bonds. The van der Waals surface area contributed by atoms with Gasteiger partial charge in [-0.1, -0.05) is 6.07 Å². The van der Waals surface area contributed by atoms with Gasteiger partial charge < -0.3 is 14.8 Å². The molecule has 0 radical (unpaired) electrons. The summed E-state index contributed by atoms with van der Waals surface area (Å²) < 4.78 is 38.2. The van der Waals surface area contributed by atoms with Crippen molar-refractivity contribution >= 4 is 16.1 Å². The van der Waals surface area contributed by atoms with Gasteiger partial charge in [-0.05, 0) is 44.4 Å². The molecule has 1 aliphatic heterocycles. The molecule has 0 bridgehead atoms. The third-order valence-corrected chi connectivity index (χ3v) is 6.51. The molecule has 0 aromatic heterocycles. The summed E-state index contributed by atoms with van der Waals surface area (Å²) in [5.74, 6) is 0.778. The van der Waals surface area contributed by atoms with Gasteiger partial charge in [0, 0.05) is 33.7 Å². The Morgan fingerprint density at radius 3 is 2.64 bits per heavy atom. The van der Waals surface area contributed by atoms with Crippen molar-refractivity contribution in [3.8, 4) is 11.5 Å². The number of carbonyl (C=O) groups is 1. The molecule has 28 heavy (non-hydrogen) atoms. The van der Waals surface area contributed by atoms with Crippen LogP contribution >= 0.6 is 0 Å². The zero-order valence-corrected chi connectivity index (χ0v) is 18.1. The van der Waals surface area contributed by atoms with Crippen LogP contribution in [-0.2, 0) is 21.5 Å². The number of amides is 1. The average molecular weight is 414 g/mol. The number of hydrogen-bond acceptors (Lipinski definition) is 5. The van der Waals surface area contributed by atoms with Crippen molar-refractivity contribution in [3.63, 3.8) is 0 Å². The molecule has 0 saturated carbocycles. The summed E-state index contributed by atoms with van der Waals surface area (Å²) in [6.45, 7) is 4.87. The van der Waals surface area contributed by atoms with Gasteiger partial charge in [0.1, 0.15) is 0 Å². The van der Waals surface area contributed by atoms with E-state index in [1.54, 1.807) is 7.11 Å². The Morgan fingerprint density at radius 2 is 2.04 bits per heavy atom. The lowest BCUT2D eigenvalue weighted by Gasteiger charge is -2.32. The second kappa shape index (κ2) is 9.58. The minimum absolute atomic E-state index is 0.0344. The van der Waals surface area contributed by atoms with Crippen molar-refractivity contribution in [2.75, 3.05) is 34.3 Å². The lowest BCUT2D eigenvalue weighted by molar-refractivity contribution is -0.126. The summed E-state index contributed by atoms with van der Waals surface area (Å²) in [5.41, 5.74) is 0.884. The quantitative estimate of drug-likeness (QED) is 0.700. The van der Waals surface area contributed by atoms with E-state index in [1.807, 2.05) is 32.0 Å². The van der Waals surface area contributed by atoms with E-state index in [9.17, 15) is 13.2 Å². The molecule has 8 nitrogen and oxygen atoms in total. The summed E-state index contributed by atoms with van der Waals surface area (Å²) in [4.78, 5) is 12.6. The first kappa shape index (κ1) is 22.4. The van der Waals surface area contributed by atoms with Crippen LogP contribution in [0.15, 0.2) is 18.2 Å². The van der Waals surface area contributed by atoms with Crippen LogP contribution in [0.25, 0.3) is 0 Å². The standard InChI is InChI=1S/C19H31N3O5S/c1-14(2)27-17-9-8-15(11-18(17)26-5)12-20-19(23)16-7-6-10-22(13-16)28(24,25)21(3)4/h8-9,11,14,16H,6-7,10,12-13H2,1-5H3,(H,20,23)/t16-/m1/s1. The van der Waals surface area contributed by atoms with Crippen LogP contribution in [0.2, 0.25) is 0 Å². The number of ether oxygens (including phenoxy) is 2. The molecule has 0 unspecified atom stereocenters. The van der Waals surface area contributed by atoms with Gasteiger partial charge in [0.15, 0.2) is 11.5 Å². The molecule has 2 rings (SSSR count). The van der Waals surface area contributed by atoms with Crippen molar-refractivity contribution in [1.82, 2.24) is 13.9 Å². The van der Waals surface area contributed by atoms with Gasteiger partial charge in [0.25, 0.3) is 10.2 Å². The second-order valence-corrected chi connectivity index (χ2v) is 9.50. The van der Waals surface area contributed by atoms with Crippen molar-refractivity contribution in [2.45, 2.75) is 39.3 Å². The van der Waals surface area contributed by atoms with E-state index >= 15 is 0 Å². The minimum atomic E-state index is -3.50. The summed E-state index contributed by atoms with van der Waals surface area (Å²) in [7, 11) is 1.07. The average Bonchev–Trinajstić information content (AvgIpc) is 2.66. The number of hydrogen-bond donors (Lipinski definition) is 1. The van der Waals surface area contributed by atoms with E-state index in [2.05, 4.69) is 5.32 Å². The van der Waals surface area contributed by atoms with Gasteiger partial charge in [-0.15, -0.1) is 0 Å². The normalized spacial score (nSPS) is 18.3. The number of nitrogens with one attached hydrogen (secondary N) is 1. The summed E-state index contributed by atoms with van der Waals surface area (Å²) in [6, 6.07) is 5.54. The van der Waals surface area contributed by atoms with E-state index in [1.165, 1.54) is 22.7 Å². The van der Waals surface area contributed by atoms with E-state index in [0.29, 0.717) is 37.4 Å². The molecule has 0 spiro atoms. The zero-order valence-electron chi connectivity index (χ0n) is 17.3. The van der Waals surface area contributed by atoms with Gasteiger partial charge >= 0.3 is 0 Å². The van der Waals surface area contributed by atoms with Crippen molar-refractivity contribution < 1.29 is 22.7 Å². The highest BCUT2D eigenvalue weighted by Crippen LogP contribution is 2.29. The summed E-state index contributed by atoms with van der Waals surface area (Å²) >= 11 is 0. The molecule has 1 aliphatic rings. The fraction of sp³-hybridized carbons (Fsp3) is 0.632. The van der Waals surface area contributed by atoms with Crippen LogP contribution in [0.5, 0.6) is 11.5 Å². The predicted octanol–water partition coefficient (Wildman–Crippen LogP) is 1.62. The highest BCUT2D eigenvalue weighted by molar-refractivity contribution is 7.86. The first-order valence-corrected chi connectivity index (χ1v) is 10.8. The second-order valence-electron chi connectivity index (χ2n) is 7.36. The molecule has 1 N–H and O–H groups in total. The molecule has 1 atom stereocenters. The van der Waals surface area contributed by atoms with Gasteiger partial charge in [0.05, 0.1) is 19.1 Å². The van der Waals surface area contributed by atoms with Crippen LogP contribution in [0, 0.1) is 5.92 Å². The van der Waals surface area contributed by atoms with Crippen LogP contribution in [0.4, 0.5) is 0 Å². The lowest BCUT2D eigenvalue weighted by Crippen LogP contribution is -2.48. The number of benzene rings is 1. The molecule has 9 heteroatoms.